The Balaban J connectivity index is 1.59. The lowest BCUT2D eigenvalue weighted by Crippen LogP contribution is -2.36. The first-order valence-electron chi connectivity index (χ1n) is 9.37. The third kappa shape index (κ3) is 5.63. The Labute approximate surface area is 175 Å². The molecule has 0 radical (unpaired) electrons. The summed E-state index contributed by atoms with van der Waals surface area (Å²) in [4.78, 5) is 26.9. The number of hydrogen-bond acceptors (Lipinski definition) is 3. The lowest BCUT2D eigenvalue weighted by molar-refractivity contribution is -0.119. The highest BCUT2D eigenvalue weighted by atomic mass is 35.5. The molecule has 2 aromatic rings. The summed E-state index contributed by atoms with van der Waals surface area (Å²) in [5.74, 6) is -0.202. The van der Waals surface area contributed by atoms with Crippen molar-refractivity contribution < 1.29 is 9.59 Å². The van der Waals surface area contributed by atoms with E-state index in [1.54, 1.807) is 30.3 Å². The average Bonchev–Trinajstić information content (AvgIpc) is 2.72. The van der Waals surface area contributed by atoms with Crippen LogP contribution in [0.25, 0.3) is 0 Å². The van der Waals surface area contributed by atoms with E-state index in [9.17, 15) is 9.59 Å². The molecule has 2 N–H and O–H groups in total. The number of rotatable bonds is 6. The second-order valence-corrected chi connectivity index (χ2v) is 7.67. The van der Waals surface area contributed by atoms with Crippen LogP contribution in [0.5, 0.6) is 0 Å². The zero-order chi connectivity index (χ0) is 19.9. The minimum absolute atomic E-state index is 0.0274. The topological polar surface area (TPSA) is 61.4 Å². The molecule has 0 atom stereocenters. The predicted molar refractivity (Wildman–Crippen MR) is 113 cm³/mol. The molecule has 2 amide bonds. The monoisotopic (exact) mass is 419 g/mol. The number of nitrogens with one attached hydrogen (secondary N) is 2. The predicted octanol–water partition coefficient (Wildman–Crippen LogP) is 4.35. The van der Waals surface area contributed by atoms with Crippen LogP contribution in [0.3, 0.4) is 0 Å². The molecule has 0 saturated carbocycles. The van der Waals surface area contributed by atoms with E-state index < -0.39 is 0 Å². The third-order valence-corrected chi connectivity index (χ3v) is 5.18. The van der Waals surface area contributed by atoms with Crippen molar-refractivity contribution in [2.75, 3.05) is 25.0 Å². The van der Waals surface area contributed by atoms with Crippen LogP contribution in [0, 0.1) is 0 Å². The highest BCUT2D eigenvalue weighted by Gasteiger charge is 2.21. The molecule has 0 bridgehead atoms. The van der Waals surface area contributed by atoms with E-state index in [2.05, 4.69) is 10.6 Å². The Morgan fingerprint density at radius 3 is 2.32 bits per heavy atom. The zero-order valence-corrected chi connectivity index (χ0v) is 17.0. The number of anilines is 1. The molecule has 148 valence electrons. The number of halogens is 2. The van der Waals surface area contributed by atoms with Gasteiger partial charge in [0.25, 0.3) is 5.91 Å². The molecule has 0 spiro atoms. The summed E-state index contributed by atoms with van der Waals surface area (Å²) in [5, 5.41) is 7.07. The number of nitrogens with zero attached hydrogens (tertiary/aromatic N) is 1. The van der Waals surface area contributed by atoms with Gasteiger partial charge in [-0.3, -0.25) is 9.59 Å². The maximum Gasteiger partial charge on any atom is 0.255 e. The highest BCUT2D eigenvalue weighted by molar-refractivity contribution is 6.31. The number of likely N-dealkylation sites (tertiary alicyclic amines) is 1. The van der Waals surface area contributed by atoms with E-state index in [4.69, 9.17) is 23.2 Å². The van der Waals surface area contributed by atoms with Crippen molar-refractivity contribution in [1.82, 2.24) is 10.2 Å². The zero-order valence-electron chi connectivity index (χ0n) is 15.5. The number of piperidine rings is 1. The standard InChI is InChI=1S/C21H23Cl2N3O2/c22-16-6-4-15(5-7-16)13-25-20(27)14-24-19-12-17(23)8-9-18(19)21(28)26-10-2-1-3-11-26/h4-9,12,24H,1-3,10-11,13-14H2,(H,25,27). The molecule has 0 unspecified atom stereocenters. The van der Waals surface area contributed by atoms with E-state index in [1.165, 1.54) is 0 Å². The quantitative estimate of drug-likeness (QED) is 0.731. The molecule has 1 aliphatic rings. The van der Waals surface area contributed by atoms with E-state index in [0.29, 0.717) is 27.8 Å². The molecule has 7 heteroatoms. The number of hydrogen-bond donors (Lipinski definition) is 2. The fourth-order valence-electron chi connectivity index (χ4n) is 3.16. The van der Waals surface area contributed by atoms with Crippen LogP contribution in [0.4, 0.5) is 5.69 Å². The van der Waals surface area contributed by atoms with Gasteiger partial charge < -0.3 is 15.5 Å². The van der Waals surface area contributed by atoms with Gasteiger partial charge in [-0.15, -0.1) is 0 Å². The van der Waals surface area contributed by atoms with Gasteiger partial charge in [-0.05, 0) is 55.2 Å². The molecule has 2 aromatic carbocycles. The molecule has 3 rings (SSSR count). The number of amides is 2. The van der Waals surface area contributed by atoms with Gasteiger partial charge >= 0.3 is 0 Å². The van der Waals surface area contributed by atoms with Crippen molar-refractivity contribution >= 4 is 40.7 Å². The summed E-state index contributed by atoms with van der Waals surface area (Å²) in [7, 11) is 0. The summed E-state index contributed by atoms with van der Waals surface area (Å²) in [6.45, 7) is 1.99. The van der Waals surface area contributed by atoms with Gasteiger partial charge in [-0.1, -0.05) is 35.3 Å². The van der Waals surface area contributed by atoms with E-state index in [1.807, 2.05) is 17.0 Å². The van der Waals surface area contributed by atoms with E-state index in [0.717, 1.165) is 37.9 Å². The summed E-state index contributed by atoms with van der Waals surface area (Å²) in [5.41, 5.74) is 2.07. The fraction of sp³-hybridized carbons (Fsp3) is 0.333. The summed E-state index contributed by atoms with van der Waals surface area (Å²) < 4.78 is 0. The Kier molecular flexibility index (Phi) is 7.18. The van der Waals surface area contributed by atoms with Gasteiger partial charge in [0.15, 0.2) is 0 Å². The minimum atomic E-state index is -0.175. The number of carbonyl (C=O) groups is 2. The van der Waals surface area contributed by atoms with Gasteiger partial charge in [0, 0.05) is 35.4 Å². The lowest BCUT2D eigenvalue weighted by atomic mass is 10.1. The average molecular weight is 420 g/mol. The molecule has 0 aliphatic carbocycles. The van der Waals surface area contributed by atoms with Crippen molar-refractivity contribution in [3.8, 4) is 0 Å². The van der Waals surface area contributed by atoms with Crippen LogP contribution in [-0.4, -0.2) is 36.3 Å². The molecule has 1 fully saturated rings. The maximum absolute atomic E-state index is 12.8. The smallest absolute Gasteiger partial charge is 0.255 e. The third-order valence-electron chi connectivity index (χ3n) is 4.70. The SMILES string of the molecule is O=C(CNc1cc(Cl)ccc1C(=O)N1CCCCC1)NCc1ccc(Cl)cc1. The first kappa shape index (κ1) is 20.5. The van der Waals surface area contributed by atoms with Crippen LogP contribution >= 0.6 is 23.2 Å². The normalized spacial score (nSPS) is 13.9. The molecular weight excluding hydrogens is 397 g/mol. The van der Waals surface area contributed by atoms with Gasteiger partial charge in [-0.25, -0.2) is 0 Å². The van der Waals surface area contributed by atoms with Gasteiger partial charge in [0.1, 0.15) is 0 Å². The Bertz CT molecular complexity index is 834. The second kappa shape index (κ2) is 9.80. The first-order valence-corrected chi connectivity index (χ1v) is 10.1. The molecule has 28 heavy (non-hydrogen) atoms. The van der Waals surface area contributed by atoms with Crippen molar-refractivity contribution in [3.05, 3.63) is 63.6 Å². The van der Waals surface area contributed by atoms with Crippen molar-refractivity contribution in [2.45, 2.75) is 25.8 Å². The summed E-state index contributed by atoms with van der Waals surface area (Å²) in [6.07, 6.45) is 3.20. The van der Waals surface area contributed by atoms with E-state index in [-0.39, 0.29) is 18.4 Å². The van der Waals surface area contributed by atoms with Crippen LogP contribution in [-0.2, 0) is 11.3 Å². The Morgan fingerprint density at radius 2 is 1.61 bits per heavy atom. The Morgan fingerprint density at radius 1 is 0.929 bits per heavy atom. The number of benzene rings is 2. The lowest BCUT2D eigenvalue weighted by Gasteiger charge is -2.27. The maximum atomic E-state index is 12.8. The molecule has 1 heterocycles. The van der Waals surface area contributed by atoms with Crippen molar-refractivity contribution in [1.29, 1.82) is 0 Å². The minimum Gasteiger partial charge on any atom is -0.375 e. The molecule has 1 aliphatic heterocycles. The Hall–Kier alpha value is -2.24. The van der Waals surface area contributed by atoms with Gasteiger partial charge in [0.2, 0.25) is 5.91 Å². The molecule has 5 nitrogen and oxygen atoms in total. The van der Waals surface area contributed by atoms with Gasteiger partial charge in [0.05, 0.1) is 12.1 Å². The van der Waals surface area contributed by atoms with Crippen LogP contribution in [0.1, 0.15) is 35.2 Å². The molecule has 0 aromatic heterocycles. The first-order chi connectivity index (χ1) is 13.5. The second-order valence-electron chi connectivity index (χ2n) is 6.80. The number of carbonyl (C=O) groups excluding carboxylic acids is 2. The van der Waals surface area contributed by atoms with Crippen molar-refractivity contribution in [2.24, 2.45) is 0 Å². The van der Waals surface area contributed by atoms with E-state index >= 15 is 0 Å². The highest BCUT2D eigenvalue weighted by Crippen LogP contribution is 2.24. The van der Waals surface area contributed by atoms with Crippen molar-refractivity contribution in [3.63, 3.8) is 0 Å². The summed E-state index contributed by atoms with van der Waals surface area (Å²) in [6, 6.07) is 12.4. The fourth-order valence-corrected chi connectivity index (χ4v) is 3.46. The molecule has 1 saturated heterocycles. The molecular formula is C21H23Cl2N3O2. The van der Waals surface area contributed by atoms with Gasteiger partial charge in [-0.2, -0.15) is 0 Å². The summed E-state index contributed by atoms with van der Waals surface area (Å²) >= 11 is 12.0. The van der Waals surface area contributed by atoms with Crippen LogP contribution in [0.15, 0.2) is 42.5 Å². The van der Waals surface area contributed by atoms with Crippen LogP contribution < -0.4 is 10.6 Å². The van der Waals surface area contributed by atoms with Crippen LogP contribution in [0.2, 0.25) is 10.0 Å². The largest absolute Gasteiger partial charge is 0.375 e.